The van der Waals surface area contributed by atoms with E-state index in [1.54, 1.807) is 14.2 Å². The number of hydrogen-bond acceptors (Lipinski definition) is 4. The van der Waals surface area contributed by atoms with Gasteiger partial charge in [-0.2, -0.15) is 0 Å². The van der Waals surface area contributed by atoms with Crippen molar-refractivity contribution in [2.45, 2.75) is 38.0 Å². The Morgan fingerprint density at radius 1 is 1.33 bits per heavy atom. The monoisotopic (exact) mass is 291 g/mol. The average Bonchev–Trinajstić information content (AvgIpc) is 2.96. The van der Waals surface area contributed by atoms with Gasteiger partial charge >= 0.3 is 0 Å². The van der Waals surface area contributed by atoms with Crippen LogP contribution in [0, 0.1) is 0 Å². The Morgan fingerprint density at radius 2 is 2.10 bits per heavy atom. The molecule has 0 spiro atoms. The van der Waals surface area contributed by atoms with E-state index in [1.807, 2.05) is 30.0 Å². The molecule has 1 aromatic carbocycles. The smallest absolute Gasteiger partial charge is 0.225 e. The normalized spacial score (nSPS) is 27.9. The third kappa shape index (κ3) is 2.35. The second-order valence-electron chi connectivity index (χ2n) is 5.80. The van der Waals surface area contributed by atoms with E-state index in [-0.39, 0.29) is 11.9 Å². The Balaban J connectivity index is 1.79. The van der Waals surface area contributed by atoms with Crippen molar-refractivity contribution in [2.75, 3.05) is 20.8 Å². The Morgan fingerprint density at radius 3 is 2.81 bits per heavy atom. The van der Waals surface area contributed by atoms with Crippen molar-refractivity contribution < 1.29 is 19.0 Å². The van der Waals surface area contributed by atoms with Gasteiger partial charge in [0.05, 0.1) is 26.9 Å². The molecular weight excluding hydrogens is 270 g/mol. The van der Waals surface area contributed by atoms with Crippen LogP contribution >= 0.6 is 0 Å². The minimum Gasteiger partial charge on any atom is -0.493 e. The fourth-order valence-electron chi connectivity index (χ4n) is 3.36. The molecule has 2 aliphatic rings. The Labute approximate surface area is 124 Å². The van der Waals surface area contributed by atoms with Crippen molar-refractivity contribution in [3.05, 3.63) is 23.8 Å². The minimum absolute atomic E-state index is 0.100. The quantitative estimate of drug-likeness (QED) is 0.851. The maximum absolute atomic E-state index is 12.1. The van der Waals surface area contributed by atoms with Gasteiger partial charge in [-0.15, -0.1) is 0 Å². The number of benzene rings is 1. The van der Waals surface area contributed by atoms with Crippen molar-refractivity contribution in [3.8, 4) is 11.5 Å². The summed E-state index contributed by atoms with van der Waals surface area (Å²) < 4.78 is 16.5. The summed E-state index contributed by atoms with van der Waals surface area (Å²) in [5.74, 6) is 1.62. The molecule has 0 unspecified atom stereocenters. The van der Waals surface area contributed by atoms with Crippen LogP contribution in [0.4, 0.5) is 0 Å². The standard InChI is InChI=1S/C16H21NO4/c1-16-7-6-15(18)17(16)12(10-21-16)8-11-4-5-13(19-2)14(9-11)20-3/h4-5,9,12H,6-8,10H2,1-3H3/t12-,16+/m0/s1. The molecule has 0 saturated carbocycles. The summed E-state index contributed by atoms with van der Waals surface area (Å²) in [6.07, 6.45) is 2.13. The van der Waals surface area contributed by atoms with E-state index in [0.29, 0.717) is 24.5 Å². The van der Waals surface area contributed by atoms with E-state index in [4.69, 9.17) is 14.2 Å². The summed E-state index contributed by atoms with van der Waals surface area (Å²) in [4.78, 5) is 14.0. The molecule has 0 aliphatic carbocycles. The van der Waals surface area contributed by atoms with E-state index >= 15 is 0 Å². The Hall–Kier alpha value is -1.75. The summed E-state index contributed by atoms with van der Waals surface area (Å²) >= 11 is 0. The van der Waals surface area contributed by atoms with Crippen molar-refractivity contribution in [3.63, 3.8) is 0 Å². The van der Waals surface area contributed by atoms with Crippen LogP contribution in [0.5, 0.6) is 11.5 Å². The van der Waals surface area contributed by atoms with Crippen LogP contribution in [-0.2, 0) is 16.0 Å². The first-order chi connectivity index (χ1) is 10.1. The van der Waals surface area contributed by atoms with Crippen LogP contribution in [0.25, 0.3) is 0 Å². The molecule has 2 saturated heterocycles. The van der Waals surface area contributed by atoms with Crippen molar-refractivity contribution in [2.24, 2.45) is 0 Å². The molecule has 21 heavy (non-hydrogen) atoms. The molecule has 2 atom stereocenters. The highest BCUT2D eigenvalue weighted by Crippen LogP contribution is 2.39. The summed E-state index contributed by atoms with van der Waals surface area (Å²) in [7, 11) is 3.25. The molecular formula is C16H21NO4. The Kier molecular flexibility index (Phi) is 3.53. The number of fused-ring (bicyclic) bond motifs is 1. The number of ether oxygens (including phenoxy) is 3. The summed E-state index contributed by atoms with van der Waals surface area (Å²) in [5.41, 5.74) is 0.711. The van der Waals surface area contributed by atoms with Gasteiger partial charge < -0.3 is 19.1 Å². The molecule has 0 bridgehead atoms. The van der Waals surface area contributed by atoms with Gasteiger partial charge in [0, 0.05) is 12.8 Å². The van der Waals surface area contributed by atoms with Gasteiger partial charge in [-0.25, -0.2) is 0 Å². The highest BCUT2D eigenvalue weighted by molar-refractivity contribution is 5.80. The van der Waals surface area contributed by atoms with E-state index in [1.165, 1.54) is 0 Å². The first-order valence-electron chi connectivity index (χ1n) is 7.24. The predicted octanol–water partition coefficient (Wildman–Crippen LogP) is 1.98. The summed E-state index contributed by atoms with van der Waals surface area (Å²) in [6, 6.07) is 5.98. The summed E-state index contributed by atoms with van der Waals surface area (Å²) in [5, 5.41) is 0. The lowest BCUT2D eigenvalue weighted by Gasteiger charge is -2.29. The van der Waals surface area contributed by atoms with Crippen LogP contribution in [0.2, 0.25) is 0 Å². The van der Waals surface area contributed by atoms with Crippen LogP contribution in [0.3, 0.4) is 0 Å². The lowest BCUT2D eigenvalue weighted by Crippen LogP contribution is -2.44. The Bertz CT molecular complexity index is 559. The largest absolute Gasteiger partial charge is 0.493 e. The highest BCUT2D eigenvalue weighted by atomic mass is 16.5. The number of rotatable bonds is 4. The zero-order chi connectivity index (χ0) is 15.0. The highest BCUT2D eigenvalue weighted by Gasteiger charge is 2.50. The number of hydrogen-bond donors (Lipinski definition) is 0. The fourth-order valence-corrected chi connectivity index (χ4v) is 3.36. The van der Waals surface area contributed by atoms with Gasteiger partial charge in [0.25, 0.3) is 0 Å². The van der Waals surface area contributed by atoms with Gasteiger partial charge in [0.15, 0.2) is 11.5 Å². The van der Waals surface area contributed by atoms with Gasteiger partial charge in [-0.3, -0.25) is 4.79 Å². The molecule has 0 radical (unpaired) electrons. The minimum atomic E-state index is -0.404. The van der Waals surface area contributed by atoms with Crippen LogP contribution in [0.1, 0.15) is 25.3 Å². The van der Waals surface area contributed by atoms with E-state index in [9.17, 15) is 4.79 Å². The first kappa shape index (κ1) is 14.2. The fraction of sp³-hybridized carbons (Fsp3) is 0.562. The molecule has 114 valence electrons. The number of amides is 1. The number of methoxy groups -OCH3 is 2. The summed E-state index contributed by atoms with van der Waals surface area (Å²) in [6.45, 7) is 2.60. The third-order valence-corrected chi connectivity index (χ3v) is 4.45. The van der Waals surface area contributed by atoms with E-state index in [0.717, 1.165) is 18.4 Å². The molecule has 0 aromatic heterocycles. The lowest BCUT2D eigenvalue weighted by molar-refractivity contribution is -0.136. The zero-order valence-corrected chi connectivity index (χ0v) is 12.7. The van der Waals surface area contributed by atoms with Crippen LogP contribution in [-0.4, -0.2) is 43.4 Å². The van der Waals surface area contributed by atoms with E-state index < -0.39 is 5.72 Å². The molecule has 2 aliphatic heterocycles. The van der Waals surface area contributed by atoms with Gasteiger partial charge in [0.2, 0.25) is 5.91 Å². The SMILES string of the molecule is COc1ccc(C[C@H]2CO[C@]3(C)CCC(=O)N23)cc1OC. The van der Waals surface area contributed by atoms with Gasteiger partial charge in [-0.05, 0) is 31.0 Å². The molecule has 1 aromatic rings. The van der Waals surface area contributed by atoms with Crippen LogP contribution in [0.15, 0.2) is 18.2 Å². The lowest BCUT2D eigenvalue weighted by atomic mass is 10.0. The number of carbonyl (C=O) groups is 1. The number of carbonyl (C=O) groups excluding carboxylic acids is 1. The van der Waals surface area contributed by atoms with Crippen molar-refractivity contribution in [1.29, 1.82) is 0 Å². The molecule has 2 fully saturated rings. The number of nitrogens with zero attached hydrogens (tertiary/aromatic N) is 1. The maximum Gasteiger partial charge on any atom is 0.225 e. The van der Waals surface area contributed by atoms with Crippen molar-refractivity contribution >= 4 is 5.91 Å². The van der Waals surface area contributed by atoms with Gasteiger partial charge in [-0.1, -0.05) is 6.07 Å². The molecule has 5 heteroatoms. The van der Waals surface area contributed by atoms with E-state index in [2.05, 4.69) is 0 Å². The zero-order valence-electron chi connectivity index (χ0n) is 12.7. The van der Waals surface area contributed by atoms with Crippen molar-refractivity contribution in [1.82, 2.24) is 4.90 Å². The predicted molar refractivity (Wildman–Crippen MR) is 77.5 cm³/mol. The molecule has 5 nitrogen and oxygen atoms in total. The topological polar surface area (TPSA) is 48.0 Å². The average molecular weight is 291 g/mol. The second-order valence-corrected chi connectivity index (χ2v) is 5.80. The molecule has 0 N–H and O–H groups in total. The molecule has 3 rings (SSSR count). The van der Waals surface area contributed by atoms with Gasteiger partial charge in [0.1, 0.15) is 5.72 Å². The molecule has 2 heterocycles. The maximum atomic E-state index is 12.1. The van der Waals surface area contributed by atoms with Crippen LogP contribution < -0.4 is 9.47 Å². The third-order valence-electron chi connectivity index (χ3n) is 4.45. The molecule has 1 amide bonds. The second kappa shape index (κ2) is 5.22. The first-order valence-corrected chi connectivity index (χ1v) is 7.24.